The Kier molecular flexibility index (Phi) is 8.33. The first-order chi connectivity index (χ1) is 16.4. The predicted octanol–water partition coefficient (Wildman–Crippen LogP) is 3.62. The van der Waals surface area contributed by atoms with Crippen molar-refractivity contribution in [3.63, 3.8) is 0 Å². The molecule has 1 heterocycles. The number of aliphatic carboxylic acids is 1. The minimum atomic E-state index is -0.757. The number of piperidine rings is 1. The Morgan fingerprint density at radius 1 is 0.794 bits per heavy atom. The Balaban J connectivity index is 2.20. The van der Waals surface area contributed by atoms with Crippen molar-refractivity contribution in [3.8, 4) is 34.5 Å². The van der Waals surface area contributed by atoms with Crippen LogP contribution in [0.5, 0.6) is 34.5 Å². The van der Waals surface area contributed by atoms with Gasteiger partial charge in [0, 0.05) is 5.56 Å². The summed E-state index contributed by atoms with van der Waals surface area (Å²) in [4.78, 5) is 13.8. The SMILES string of the molecule is COc1cc(C(c2ccc(OC)c(OC)c2OC)N2CCC(C(=O)O)CC2)cc(OC)c1OC. The highest BCUT2D eigenvalue weighted by molar-refractivity contribution is 5.70. The molecule has 1 atom stereocenters. The molecule has 0 bridgehead atoms. The number of likely N-dealkylation sites (tertiary alicyclic amines) is 1. The van der Waals surface area contributed by atoms with Gasteiger partial charge in [-0.1, -0.05) is 0 Å². The van der Waals surface area contributed by atoms with Crippen molar-refractivity contribution >= 4 is 5.97 Å². The monoisotopic (exact) mass is 475 g/mol. The summed E-state index contributed by atoms with van der Waals surface area (Å²) in [5.74, 6) is 2.02. The van der Waals surface area contributed by atoms with Gasteiger partial charge >= 0.3 is 5.97 Å². The van der Waals surface area contributed by atoms with Gasteiger partial charge in [-0.2, -0.15) is 0 Å². The highest BCUT2D eigenvalue weighted by atomic mass is 16.5. The molecule has 1 saturated heterocycles. The first-order valence-corrected chi connectivity index (χ1v) is 11.0. The number of rotatable bonds is 10. The second-order valence-electron chi connectivity index (χ2n) is 7.93. The lowest BCUT2D eigenvalue weighted by atomic mass is 9.90. The Morgan fingerprint density at radius 3 is 1.76 bits per heavy atom. The summed E-state index contributed by atoms with van der Waals surface area (Å²) < 4.78 is 33.6. The summed E-state index contributed by atoms with van der Waals surface area (Å²) in [6.07, 6.45) is 1.09. The molecule has 9 nitrogen and oxygen atoms in total. The fraction of sp³-hybridized carbons (Fsp3) is 0.480. The molecule has 1 unspecified atom stereocenters. The number of carboxylic acids is 1. The van der Waals surface area contributed by atoms with Crippen LogP contribution in [-0.4, -0.2) is 71.7 Å². The van der Waals surface area contributed by atoms with Crippen LogP contribution in [0.1, 0.15) is 30.0 Å². The minimum absolute atomic E-state index is 0.293. The molecule has 186 valence electrons. The second-order valence-corrected chi connectivity index (χ2v) is 7.93. The van der Waals surface area contributed by atoms with E-state index in [0.29, 0.717) is 60.4 Å². The van der Waals surface area contributed by atoms with E-state index in [-0.39, 0.29) is 12.0 Å². The van der Waals surface area contributed by atoms with E-state index < -0.39 is 5.97 Å². The summed E-state index contributed by atoms with van der Waals surface area (Å²) in [5.41, 5.74) is 1.73. The highest BCUT2D eigenvalue weighted by Gasteiger charge is 2.34. The van der Waals surface area contributed by atoms with Crippen molar-refractivity contribution in [2.45, 2.75) is 18.9 Å². The maximum absolute atomic E-state index is 11.5. The zero-order valence-corrected chi connectivity index (χ0v) is 20.5. The third-order valence-corrected chi connectivity index (χ3v) is 6.28. The normalized spacial score (nSPS) is 15.4. The van der Waals surface area contributed by atoms with E-state index >= 15 is 0 Å². The van der Waals surface area contributed by atoms with Crippen LogP contribution in [-0.2, 0) is 4.79 Å². The molecule has 0 aromatic heterocycles. The van der Waals surface area contributed by atoms with Gasteiger partial charge in [-0.05, 0) is 55.8 Å². The molecule has 0 aliphatic carbocycles. The van der Waals surface area contributed by atoms with Crippen molar-refractivity contribution in [1.29, 1.82) is 0 Å². The molecule has 0 amide bonds. The number of methoxy groups -OCH3 is 6. The van der Waals surface area contributed by atoms with E-state index in [0.717, 1.165) is 11.1 Å². The number of hydrogen-bond acceptors (Lipinski definition) is 8. The van der Waals surface area contributed by atoms with E-state index in [4.69, 9.17) is 28.4 Å². The van der Waals surface area contributed by atoms with Crippen LogP contribution in [0, 0.1) is 5.92 Å². The standard InChI is InChI=1S/C25H33NO8/c1-29-18-8-7-17(22(32-4)24(18)34-6)21(26-11-9-15(10-12-26)25(27)28)16-13-19(30-2)23(33-5)20(14-16)31-3/h7-8,13-15,21H,9-12H2,1-6H3,(H,27,28). The van der Waals surface area contributed by atoms with Gasteiger partial charge in [-0.15, -0.1) is 0 Å². The van der Waals surface area contributed by atoms with Crippen molar-refractivity contribution in [2.75, 3.05) is 55.7 Å². The zero-order valence-electron chi connectivity index (χ0n) is 20.5. The zero-order chi connectivity index (χ0) is 24.8. The minimum Gasteiger partial charge on any atom is -0.493 e. The quantitative estimate of drug-likeness (QED) is 0.553. The number of carbonyl (C=O) groups is 1. The van der Waals surface area contributed by atoms with Crippen LogP contribution in [0.15, 0.2) is 24.3 Å². The molecule has 1 fully saturated rings. The maximum atomic E-state index is 11.5. The molecule has 1 aliphatic heterocycles. The van der Waals surface area contributed by atoms with Crippen LogP contribution < -0.4 is 28.4 Å². The number of benzene rings is 2. The summed E-state index contributed by atoms with van der Waals surface area (Å²) in [6, 6.07) is 7.30. The topological polar surface area (TPSA) is 95.9 Å². The molecule has 0 spiro atoms. The first-order valence-electron chi connectivity index (χ1n) is 11.0. The van der Waals surface area contributed by atoms with Gasteiger partial charge in [-0.25, -0.2) is 0 Å². The van der Waals surface area contributed by atoms with E-state index in [9.17, 15) is 9.90 Å². The average molecular weight is 476 g/mol. The molecule has 0 saturated carbocycles. The lowest BCUT2D eigenvalue weighted by molar-refractivity contribution is -0.143. The lowest BCUT2D eigenvalue weighted by Gasteiger charge is -2.38. The van der Waals surface area contributed by atoms with E-state index in [2.05, 4.69) is 4.90 Å². The molecule has 3 rings (SSSR count). The van der Waals surface area contributed by atoms with E-state index in [1.54, 1.807) is 42.7 Å². The number of ether oxygens (including phenoxy) is 6. The maximum Gasteiger partial charge on any atom is 0.306 e. The molecule has 1 aliphatic rings. The van der Waals surface area contributed by atoms with E-state index in [1.165, 1.54) is 0 Å². The highest BCUT2D eigenvalue weighted by Crippen LogP contribution is 2.48. The first kappa shape index (κ1) is 25.3. The van der Waals surface area contributed by atoms with Gasteiger partial charge in [0.05, 0.1) is 54.6 Å². The van der Waals surface area contributed by atoms with Crippen molar-refractivity contribution < 1.29 is 38.3 Å². The number of nitrogens with zero attached hydrogens (tertiary/aromatic N) is 1. The molecular weight excluding hydrogens is 442 g/mol. The van der Waals surface area contributed by atoms with Crippen LogP contribution >= 0.6 is 0 Å². The Morgan fingerprint density at radius 2 is 1.32 bits per heavy atom. The molecule has 2 aromatic carbocycles. The molecule has 1 N–H and O–H groups in total. The lowest BCUT2D eigenvalue weighted by Crippen LogP contribution is -2.39. The Labute approximate surface area is 200 Å². The summed E-state index contributed by atoms with van der Waals surface area (Å²) >= 11 is 0. The van der Waals surface area contributed by atoms with E-state index in [1.807, 2.05) is 24.3 Å². The summed E-state index contributed by atoms with van der Waals surface area (Å²) in [7, 11) is 9.44. The van der Waals surface area contributed by atoms with Crippen LogP contribution in [0.4, 0.5) is 0 Å². The second kappa shape index (κ2) is 11.2. The van der Waals surface area contributed by atoms with Gasteiger partial charge in [0.1, 0.15) is 0 Å². The smallest absolute Gasteiger partial charge is 0.306 e. The largest absolute Gasteiger partial charge is 0.493 e. The fourth-order valence-electron chi connectivity index (χ4n) is 4.59. The summed E-state index contributed by atoms with van der Waals surface area (Å²) in [6.45, 7) is 1.19. The third-order valence-electron chi connectivity index (χ3n) is 6.28. The van der Waals surface area contributed by atoms with Gasteiger partial charge in [0.25, 0.3) is 0 Å². The predicted molar refractivity (Wildman–Crippen MR) is 126 cm³/mol. The van der Waals surface area contributed by atoms with Gasteiger partial charge in [0.2, 0.25) is 11.5 Å². The summed E-state index contributed by atoms with van der Waals surface area (Å²) in [5, 5.41) is 9.48. The van der Waals surface area contributed by atoms with Crippen LogP contribution in [0.2, 0.25) is 0 Å². The Hall–Kier alpha value is -3.33. The Bertz CT molecular complexity index is 976. The van der Waals surface area contributed by atoms with Gasteiger partial charge in [-0.3, -0.25) is 9.69 Å². The molecule has 2 aromatic rings. The van der Waals surface area contributed by atoms with Crippen molar-refractivity contribution in [1.82, 2.24) is 4.90 Å². The average Bonchev–Trinajstić information content (AvgIpc) is 2.87. The van der Waals surface area contributed by atoms with Crippen LogP contribution in [0.25, 0.3) is 0 Å². The number of hydrogen-bond donors (Lipinski definition) is 1. The fourth-order valence-corrected chi connectivity index (χ4v) is 4.59. The van der Waals surface area contributed by atoms with Gasteiger partial charge in [0.15, 0.2) is 23.0 Å². The van der Waals surface area contributed by atoms with Crippen LogP contribution in [0.3, 0.4) is 0 Å². The molecule has 9 heteroatoms. The van der Waals surface area contributed by atoms with Gasteiger partial charge < -0.3 is 33.5 Å². The number of carboxylic acid groups (broad SMARTS) is 1. The van der Waals surface area contributed by atoms with Crippen molar-refractivity contribution in [2.24, 2.45) is 5.92 Å². The molecular formula is C25H33NO8. The molecule has 0 radical (unpaired) electrons. The van der Waals surface area contributed by atoms with Crippen molar-refractivity contribution in [3.05, 3.63) is 35.4 Å². The third kappa shape index (κ3) is 4.79. The molecule has 34 heavy (non-hydrogen) atoms.